The van der Waals surface area contributed by atoms with Crippen molar-refractivity contribution in [3.05, 3.63) is 58.1 Å². The molecule has 0 radical (unpaired) electrons. The van der Waals surface area contributed by atoms with Gasteiger partial charge in [0.2, 0.25) is 10.0 Å². The lowest BCUT2D eigenvalue weighted by molar-refractivity contribution is 0.0362. The number of likely N-dealkylation sites (tertiary alicyclic amines) is 1. The Balaban J connectivity index is 1.45. The molecule has 1 amide bonds. The number of nitrogens with zero attached hydrogens (tertiary/aromatic N) is 2. The topological polar surface area (TPSA) is 165 Å². The highest BCUT2D eigenvalue weighted by Crippen LogP contribution is 2.42. The van der Waals surface area contributed by atoms with E-state index in [0.29, 0.717) is 55.7 Å². The first-order chi connectivity index (χ1) is 21.9. The molecule has 2 aliphatic rings. The van der Waals surface area contributed by atoms with E-state index >= 15 is 0 Å². The Kier molecular flexibility index (Phi) is 12.7. The molecule has 4 N–H and O–H groups in total. The number of amides is 1. The summed E-state index contributed by atoms with van der Waals surface area (Å²) in [6.45, 7) is 8.78. The van der Waals surface area contributed by atoms with Crippen LogP contribution in [0, 0.1) is 11.3 Å². The van der Waals surface area contributed by atoms with Gasteiger partial charge in [-0.1, -0.05) is 11.6 Å². The third-order valence-corrected chi connectivity index (χ3v) is 9.35. The van der Waals surface area contributed by atoms with Gasteiger partial charge in [0.05, 0.1) is 49.0 Å². The lowest BCUT2D eigenvalue weighted by atomic mass is 10.0. The second-order valence-corrected chi connectivity index (χ2v) is 14.5. The van der Waals surface area contributed by atoms with Crippen LogP contribution in [0.15, 0.2) is 41.3 Å². The molecular weight excluding hydrogens is 634 g/mol. The van der Waals surface area contributed by atoms with E-state index in [4.69, 9.17) is 36.3 Å². The van der Waals surface area contributed by atoms with Crippen LogP contribution in [0.4, 0.5) is 4.79 Å². The number of benzene rings is 2. The average molecular weight is 678 g/mol. The first-order valence-corrected chi connectivity index (χ1v) is 17.3. The number of halogens is 1. The number of nitrogens with one attached hydrogen (secondary N) is 2. The van der Waals surface area contributed by atoms with E-state index in [9.17, 15) is 18.5 Å². The molecule has 12 nitrogen and oxygen atoms in total. The average Bonchev–Trinajstić information content (AvgIpc) is 3.35. The van der Waals surface area contributed by atoms with Crippen molar-refractivity contribution in [1.29, 1.82) is 5.26 Å². The van der Waals surface area contributed by atoms with Crippen LogP contribution in [-0.2, 0) is 30.7 Å². The zero-order chi connectivity index (χ0) is 33.3. The van der Waals surface area contributed by atoms with Gasteiger partial charge in [0.1, 0.15) is 17.5 Å². The van der Waals surface area contributed by atoms with Gasteiger partial charge in [-0.25, -0.2) is 17.9 Å². The Labute approximate surface area is 276 Å². The molecule has 4 rings (SSSR count). The van der Waals surface area contributed by atoms with Gasteiger partial charge in [0.15, 0.2) is 0 Å². The summed E-state index contributed by atoms with van der Waals surface area (Å²) in [4.78, 5) is 14.9. The Morgan fingerprint density at radius 2 is 1.85 bits per heavy atom. The summed E-state index contributed by atoms with van der Waals surface area (Å²) in [6, 6.07) is 11.7. The second-order valence-electron chi connectivity index (χ2n) is 12.3. The number of carbonyl (C=O) groups is 1. The van der Waals surface area contributed by atoms with Gasteiger partial charge < -0.3 is 30.0 Å². The van der Waals surface area contributed by atoms with Crippen molar-refractivity contribution in [2.24, 2.45) is 5.73 Å². The number of carbonyl (C=O) groups excluding carboxylic acids is 1. The van der Waals surface area contributed by atoms with Crippen molar-refractivity contribution in [2.45, 2.75) is 68.7 Å². The SMILES string of the molecule is CC(C)(C)OC(=O)N[C@@H]1CCCN([C@H]2Cc3c(C#N)cc(Cl)cc3[C@@H]2Oc2ccc(S(=O)(=O)NCCOCCOCCN)cc2)C1. The Hall–Kier alpha value is -2.96. The summed E-state index contributed by atoms with van der Waals surface area (Å²) >= 11 is 6.43. The fourth-order valence-corrected chi connectivity index (χ4v) is 6.95. The van der Waals surface area contributed by atoms with E-state index in [-0.39, 0.29) is 30.1 Å². The Morgan fingerprint density at radius 1 is 1.13 bits per heavy atom. The van der Waals surface area contributed by atoms with Gasteiger partial charge in [0.25, 0.3) is 0 Å². The minimum Gasteiger partial charge on any atom is -0.484 e. The van der Waals surface area contributed by atoms with Crippen molar-refractivity contribution < 1.29 is 32.2 Å². The third-order valence-electron chi connectivity index (χ3n) is 7.65. The van der Waals surface area contributed by atoms with Crippen molar-refractivity contribution in [2.75, 3.05) is 52.6 Å². The van der Waals surface area contributed by atoms with Crippen LogP contribution in [0.2, 0.25) is 5.02 Å². The van der Waals surface area contributed by atoms with Gasteiger partial charge >= 0.3 is 6.09 Å². The molecule has 1 fully saturated rings. The van der Waals surface area contributed by atoms with Crippen LogP contribution in [0.1, 0.15) is 56.4 Å². The molecule has 1 aliphatic heterocycles. The standard InChI is InChI=1S/C32H44ClN5O7S/c1-32(2,3)45-31(39)37-24-5-4-12-38(21-24)29-19-27-22(20-35)17-23(33)18-28(27)30(29)44-25-6-8-26(9-7-25)46(40,41)36-11-14-43-16-15-42-13-10-34/h6-9,17-18,24,29-30,36H,4-5,10-16,19,21,34H2,1-3H3,(H,37,39)/t24-,29+,30+/m1/s1. The van der Waals surface area contributed by atoms with E-state index in [1.54, 1.807) is 18.2 Å². The maximum Gasteiger partial charge on any atom is 0.407 e. The summed E-state index contributed by atoms with van der Waals surface area (Å²) in [7, 11) is -3.76. The van der Waals surface area contributed by atoms with Crippen LogP contribution >= 0.6 is 11.6 Å². The maximum absolute atomic E-state index is 12.8. The lowest BCUT2D eigenvalue weighted by Gasteiger charge is -2.39. The van der Waals surface area contributed by atoms with Crippen molar-refractivity contribution >= 4 is 27.7 Å². The summed E-state index contributed by atoms with van der Waals surface area (Å²) in [5.74, 6) is 0.474. The normalized spacial score (nSPS) is 20.1. The number of hydrogen-bond donors (Lipinski definition) is 3. The fourth-order valence-electron chi connectivity index (χ4n) is 5.71. The fraction of sp³-hybridized carbons (Fsp3) is 0.562. The zero-order valence-corrected chi connectivity index (χ0v) is 28.2. The van der Waals surface area contributed by atoms with Crippen LogP contribution in [0.25, 0.3) is 0 Å². The first kappa shape index (κ1) is 35.9. The highest BCUT2D eigenvalue weighted by molar-refractivity contribution is 7.89. The highest BCUT2D eigenvalue weighted by Gasteiger charge is 2.41. The third kappa shape index (κ3) is 10.0. The quantitative estimate of drug-likeness (QED) is 0.252. The Morgan fingerprint density at radius 3 is 2.52 bits per heavy atom. The molecule has 14 heteroatoms. The smallest absolute Gasteiger partial charge is 0.407 e. The molecule has 252 valence electrons. The predicted octanol–water partition coefficient (Wildman–Crippen LogP) is 3.52. The molecular formula is C32H44ClN5O7S. The lowest BCUT2D eigenvalue weighted by Crippen LogP contribution is -2.53. The van der Waals surface area contributed by atoms with E-state index < -0.39 is 27.8 Å². The van der Waals surface area contributed by atoms with Gasteiger partial charge in [0, 0.05) is 30.7 Å². The molecule has 0 bridgehead atoms. The highest BCUT2D eigenvalue weighted by atomic mass is 35.5. The molecule has 2 aromatic rings. The number of hydrogen-bond acceptors (Lipinski definition) is 10. The van der Waals surface area contributed by atoms with Crippen molar-refractivity contribution in [3.8, 4) is 11.8 Å². The van der Waals surface area contributed by atoms with E-state index in [0.717, 1.165) is 30.5 Å². The number of ether oxygens (including phenoxy) is 4. The molecule has 2 aromatic carbocycles. The number of nitrogens with two attached hydrogens (primary N) is 1. The largest absolute Gasteiger partial charge is 0.484 e. The van der Waals surface area contributed by atoms with E-state index in [2.05, 4.69) is 21.0 Å². The second kappa shape index (κ2) is 16.2. The van der Waals surface area contributed by atoms with E-state index in [1.165, 1.54) is 12.1 Å². The molecule has 0 spiro atoms. The molecule has 3 atom stereocenters. The summed E-state index contributed by atoms with van der Waals surface area (Å²) in [6.07, 6.45) is 1.31. The van der Waals surface area contributed by atoms with Crippen LogP contribution in [0.5, 0.6) is 5.75 Å². The minimum atomic E-state index is -3.76. The molecule has 0 saturated carbocycles. The van der Waals surface area contributed by atoms with E-state index in [1.807, 2.05) is 26.8 Å². The van der Waals surface area contributed by atoms with Gasteiger partial charge in [-0.15, -0.1) is 0 Å². The van der Waals surface area contributed by atoms with Gasteiger partial charge in [-0.3, -0.25) is 4.90 Å². The number of alkyl carbamates (subject to hydrolysis) is 1. The van der Waals surface area contributed by atoms with Crippen LogP contribution in [0.3, 0.4) is 0 Å². The molecule has 1 aliphatic carbocycles. The monoisotopic (exact) mass is 677 g/mol. The molecule has 0 aromatic heterocycles. The molecule has 0 unspecified atom stereocenters. The number of nitriles is 1. The number of rotatable bonds is 14. The maximum atomic E-state index is 12.8. The van der Waals surface area contributed by atoms with Crippen LogP contribution in [-0.4, -0.2) is 89.7 Å². The first-order valence-electron chi connectivity index (χ1n) is 15.5. The zero-order valence-electron chi connectivity index (χ0n) is 26.6. The van der Waals surface area contributed by atoms with Crippen molar-refractivity contribution in [3.63, 3.8) is 0 Å². The summed E-state index contributed by atoms with van der Waals surface area (Å²) < 4.78 is 50.9. The number of fused-ring (bicyclic) bond motifs is 1. The summed E-state index contributed by atoms with van der Waals surface area (Å²) in [5.41, 5.74) is 6.96. The molecule has 1 saturated heterocycles. The summed E-state index contributed by atoms with van der Waals surface area (Å²) in [5, 5.41) is 13.3. The number of sulfonamides is 1. The van der Waals surface area contributed by atoms with Crippen LogP contribution < -0.4 is 20.5 Å². The number of piperidine rings is 1. The van der Waals surface area contributed by atoms with Crippen molar-refractivity contribution in [1.82, 2.24) is 14.9 Å². The molecule has 1 heterocycles. The predicted molar refractivity (Wildman–Crippen MR) is 173 cm³/mol. The Bertz CT molecular complexity index is 1480. The van der Waals surface area contributed by atoms with Gasteiger partial charge in [-0.05, 0) is 94.1 Å². The van der Waals surface area contributed by atoms with Gasteiger partial charge in [-0.2, -0.15) is 5.26 Å². The molecule has 46 heavy (non-hydrogen) atoms. The minimum absolute atomic E-state index is 0.0939.